The van der Waals surface area contributed by atoms with Crippen LogP contribution in [0.15, 0.2) is 36.7 Å². The molecule has 1 fully saturated rings. The SMILES string of the molecule is Cc1cc(Nc2cc3c(cn2)CCN(c2cnc4c(c2Cl)N(C(=O)OC(C)(C)C)CCO4)C3)ccc1NC(=O)CN1CCC1. The highest BCUT2D eigenvalue weighted by molar-refractivity contribution is 6.36. The Morgan fingerprint density at radius 3 is 2.61 bits per heavy atom. The molecule has 232 valence electrons. The van der Waals surface area contributed by atoms with E-state index in [4.69, 9.17) is 21.1 Å². The monoisotopic (exact) mass is 619 g/mol. The molecule has 0 aliphatic carbocycles. The quantitative estimate of drug-likeness (QED) is 0.368. The molecule has 0 atom stereocenters. The van der Waals surface area contributed by atoms with E-state index in [-0.39, 0.29) is 5.91 Å². The first-order valence-corrected chi connectivity index (χ1v) is 15.4. The molecule has 3 aliphatic heterocycles. The predicted molar refractivity (Wildman–Crippen MR) is 171 cm³/mol. The van der Waals surface area contributed by atoms with Gasteiger partial charge >= 0.3 is 6.09 Å². The normalized spacial score (nSPS) is 16.3. The lowest BCUT2D eigenvalue weighted by molar-refractivity contribution is -0.118. The zero-order valence-corrected chi connectivity index (χ0v) is 26.3. The number of nitrogens with one attached hydrogen (secondary N) is 2. The Labute approximate surface area is 262 Å². The molecule has 0 unspecified atom stereocenters. The van der Waals surface area contributed by atoms with Crippen LogP contribution in [0.1, 0.15) is 43.9 Å². The van der Waals surface area contributed by atoms with Crippen LogP contribution in [0.25, 0.3) is 0 Å². The number of nitrogens with zero attached hydrogens (tertiary/aromatic N) is 5. The van der Waals surface area contributed by atoms with E-state index in [0.29, 0.717) is 42.8 Å². The second-order valence-corrected chi connectivity index (χ2v) is 12.8. The summed E-state index contributed by atoms with van der Waals surface area (Å²) in [6.45, 7) is 11.8. The molecule has 3 aromatic rings. The van der Waals surface area contributed by atoms with Crippen molar-refractivity contribution >= 4 is 52.2 Å². The highest BCUT2D eigenvalue weighted by atomic mass is 35.5. The van der Waals surface area contributed by atoms with Crippen molar-refractivity contribution in [2.24, 2.45) is 0 Å². The summed E-state index contributed by atoms with van der Waals surface area (Å²) in [6.07, 6.45) is 5.08. The van der Waals surface area contributed by atoms with E-state index < -0.39 is 11.7 Å². The number of fused-ring (bicyclic) bond motifs is 2. The van der Waals surface area contributed by atoms with Crippen LogP contribution in [0.2, 0.25) is 5.02 Å². The van der Waals surface area contributed by atoms with Gasteiger partial charge in [0.05, 0.1) is 30.0 Å². The minimum atomic E-state index is -0.645. The van der Waals surface area contributed by atoms with E-state index in [0.717, 1.165) is 66.5 Å². The number of aromatic nitrogens is 2. The molecule has 6 rings (SSSR count). The summed E-state index contributed by atoms with van der Waals surface area (Å²) in [7, 11) is 0. The maximum absolute atomic E-state index is 13.0. The van der Waals surface area contributed by atoms with Crippen molar-refractivity contribution in [3.8, 4) is 5.88 Å². The number of pyridine rings is 2. The molecular weight excluding hydrogens is 582 g/mol. The van der Waals surface area contributed by atoms with Crippen LogP contribution < -0.4 is 25.2 Å². The molecule has 0 bridgehead atoms. The number of carbonyl (C=O) groups is 2. The fraction of sp³-hybridized carbons (Fsp3) is 0.438. The Bertz CT molecular complexity index is 1590. The zero-order chi connectivity index (χ0) is 31.0. The van der Waals surface area contributed by atoms with Gasteiger partial charge in [-0.05, 0) is 94.6 Å². The summed E-state index contributed by atoms with van der Waals surface area (Å²) in [5.74, 6) is 1.05. The number of amides is 2. The van der Waals surface area contributed by atoms with E-state index in [1.807, 2.05) is 52.1 Å². The Kier molecular flexibility index (Phi) is 8.26. The van der Waals surface area contributed by atoms with E-state index in [9.17, 15) is 9.59 Å². The second kappa shape index (κ2) is 12.1. The lowest BCUT2D eigenvalue weighted by Crippen LogP contribution is -2.42. The minimum absolute atomic E-state index is 0.00808. The smallest absolute Gasteiger partial charge is 0.415 e. The van der Waals surface area contributed by atoms with Crippen molar-refractivity contribution in [3.05, 3.63) is 58.4 Å². The highest BCUT2D eigenvalue weighted by Crippen LogP contribution is 2.43. The van der Waals surface area contributed by atoms with Crippen LogP contribution >= 0.6 is 11.6 Å². The van der Waals surface area contributed by atoms with Gasteiger partial charge in [-0.2, -0.15) is 0 Å². The summed E-state index contributed by atoms with van der Waals surface area (Å²) in [5.41, 5.74) is 5.46. The topological polar surface area (TPSA) is 112 Å². The van der Waals surface area contributed by atoms with Crippen molar-refractivity contribution < 1.29 is 19.1 Å². The van der Waals surface area contributed by atoms with Gasteiger partial charge in [0.2, 0.25) is 11.8 Å². The van der Waals surface area contributed by atoms with Crippen LogP contribution in [-0.4, -0.2) is 71.8 Å². The average Bonchev–Trinajstić information content (AvgIpc) is 2.95. The van der Waals surface area contributed by atoms with Gasteiger partial charge in [-0.15, -0.1) is 0 Å². The van der Waals surface area contributed by atoms with Gasteiger partial charge in [-0.25, -0.2) is 14.8 Å². The molecule has 1 aromatic carbocycles. The number of aryl methyl sites for hydroxylation is 1. The number of benzene rings is 1. The number of hydrogen-bond donors (Lipinski definition) is 2. The third kappa shape index (κ3) is 6.53. The number of carbonyl (C=O) groups excluding carboxylic acids is 2. The molecule has 1 saturated heterocycles. The lowest BCUT2D eigenvalue weighted by atomic mass is 10.0. The largest absolute Gasteiger partial charge is 0.474 e. The first-order valence-electron chi connectivity index (χ1n) is 15.0. The molecule has 0 radical (unpaired) electrons. The molecular formula is C32H38ClN7O4. The van der Waals surface area contributed by atoms with Crippen LogP contribution in [0.5, 0.6) is 5.88 Å². The molecule has 44 heavy (non-hydrogen) atoms. The molecule has 2 aromatic heterocycles. The van der Waals surface area contributed by atoms with Crippen molar-refractivity contribution in [1.29, 1.82) is 0 Å². The summed E-state index contributed by atoms with van der Waals surface area (Å²) in [6, 6.07) is 7.91. The number of anilines is 5. The summed E-state index contributed by atoms with van der Waals surface area (Å²) >= 11 is 6.97. The van der Waals surface area contributed by atoms with Crippen LogP contribution in [0, 0.1) is 6.92 Å². The Hall–Kier alpha value is -4.09. The molecule has 0 spiro atoms. The molecule has 3 aliphatic rings. The average molecular weight is 620 g/mol. The minimum Gasteiger partial charge on any atom is -0.474 e. The Balaban J connectivity index is 1.16. The van der Waals surface area contributed by atoms with E-state index in [2.05, 4.69) is 36.5 Å². The van der Waals surface area contributed by atoms with Gasteiger partial charge in [-0.3, -0.25) is 14.6 Å². The van der Waals surface area contributed by atoms with Crippen LogP contribution in [-0.2, 0) is 22.5 Å². The number of hydrogen-bond acceptors (Lipinski definition) is 9. The first kappa shape index (κ1) is 30.0. The molecule has 2 amide bonds. The van der Waals surface area contributed by atoms with Gasteiger partial charge in [0.25, 0.3) is 0 Å². The Morgan fingerprint density at radius 2 is 1.89 bits per heavy atom. The maximum Gasteiger partial charge on any atom is 0.415 e. The van der Waals surface area contributed by atoms with Gasteiger partial charge in [0.15, 0.2) is 0 Å². The van der Waals surface area contributed by atoms with E-state index in [1.54, 1.807) is 6.20 Å². The molecule has 0 saturated carbocycles. The summed E-state index contributed by atoms with van der Waals surface area (Å²) in [4.78, 5) is 40.4. The van der Waals surface area contributed by atoms with E-state index in [1.165, 1.54) is 10.5 Å². The summed E-state index contributed by atoms with van der Waals surface area (Å²) < 4.78 is 11.4. The van der Waals surface area contributed by atoms with Crippen molar-refractivity contribution in [2.75, 3.05) is 59.8 Å². The maximum atomic E-state index is 13.0. The number of likely N-dealkylation sites (tertiary alicyclic amines) is 1. The zero-order valence-electron chi connectivity index (χ0n) is 25.6. The summed E-state index contributed by atoms with van der Waals surface area (Å²) in [5, 5.41) is 6.83. The third-order valence-corrected chi connectivity index (χ3v) is 8.27. The van der Waals surface area contributed by atoms with Crippen LogP contribution in [0.4, 0.5) is 33.4 Å². The first-order chi connectivity index (χ1) is 21.0. The molecule has 2 N–H and O–H groups in total. The van der Waals surface area contributed by atoms with Crippen molar-refractivity contribution in [3.63, 3.8) is 0 Å². The third-order valence-electron chi connectivity index (χ3n) is 7.90. The number of rotatable bonds is 6. The standard InChI is InChI=1S/C32H38ClN7O4/c1-20-14-23(6-7-24(20)37-27(41)19-38-9-5-10-38)36-26-15-22-18-39(11-8-21(22)16-34-26)25-17-35-30-29(28(25)33)40(12-13-43-30)31(42)44-32(2,3)4/h6-7,14-17H,5,8-13,18-19H2,1-4H3,(H,34,36)(H,37,41). The Morgan fingerprint density at radius 1 is 1.07 bits per heavy atom. The molecule has 12 heteroatoms. The highest BCUT2D eigenvalue weighted by Gasteiger charge is 2.33. The molecule has 11 nitrogen and oxygen atoms in total. The number of halogens is 1. The second-order valence-electron chi connectivity index (χ2n) is 12.4. The number of ether oxygens (including phenoxy) is 2. The fourth-order valence-electron chi connectivity index (χ4n) is 5.53. The lowest BCUT2D eigenvalue weighted by Gasteiger charge is -2.35. The van der Waals surface area contributed by atoms with Crippen molar-refractivity contribution in [1.82, 2.24) is 14.9 Å². The van der Waals surface area contributed by atoms with E-state index >= 15 is 0 Å². The molecule has 5 heterocycles. The van der Waals surface area contributed by atoms with Gasteiger partial charge in [0, 0.05) is 30.7 Å². The predicted octanol–water partition coefficient (Wildman–Crippen LogP) is 5.52. The fourth-order valence-corrected chi connectivity index (χ4v) is 5.88. The van der Waals surface area contributed by atoms with Gasteiger partial charge in [0.1, 0.15) is 23.7 Å². The van der Waals surface area contributed by atoms with Gasteiger partial charge < -0.3 is 25.0 Å². The van der Waals surface area contributed by atoms with Gasteiger partial charge in [-0.1, -0.05) is 11.6 Å². The van der Waals surface area contributed by atoms with Crippen molar-refractivity contribution in [2.45, 2.75) is 52.7 Å². The van der Waals surface area contributed by atoms with Crippen LogP contribution in [0.3, 0.4) is 0 Å².